The van der Waals surface area contributed by atoms with Crippen LogP contribution in [0.5, 0.6) is 0 Å². The maximum atomic E-state index is 13.6. The van der Waals surface area contributed by atoms with Gasteiger partial charge in [0, 0.05) is 5.56 Å². The lowest BCUT2D eigenvalue weighted by Crippen LogP contribution is -2.30. The van der Waals surface area contributed by atoms with Gasteiger partial charge >= 0.3 is 0 Å². The van der Waals surface area contributed by atoms with Crippen molar-refractivity contribution in [1.29, 1.82) is 0 Å². The van der Waals surface area contributed by atoms with E-state index in [4.69, 9.17) is 5.84 Å². The van der Waals surface area contributed by atoms with Gasteiger partial charge in [0.2, 0.25) is 0 Å². The van der Waals surface area contributed by atoms with Gasteiger partial charge in [-0.3, -0.25) is 5.84 Å². The van der Waals surface area contributed by atoms with E-state index in [2.05, 4.69) is 5.43 Å². The molecule has 0 amide bonds. The van der Waals surface area contributed by atoms with Crippen LogP contribution in [0.4, 0.5) is 8.78 Å². The van der Waals surface area contributed by atoms with Gasteiger partial charge in [-0.2, -0.15) is 0 Å². The smallest absolute Gasteiger partial charge is 0.131 e. The van der Waals surface area contributed by atoms with Crippen LogP contribution in [0.25, 0.3) is 0 Å². The third-order valence-electron chi connectivity index (χ3n) is 2.59. The zero-order valence-corrected chi connectivity index (χ0v) is 9.03. The highest BCUT2D eigenvalue weighted by atomic mass is 19.1. The molecule has 0 spiro atoms. The van der Waals surface area contributed by atoms with E-state index >= 15 is 0 Å². The minimum Gasteiger partial charge on any atom is -0.271 e. The topological polar surface area (TPSA) is 38.0 Å². The molecular formula is C13H12F2N2. The van der Waals surface area contributed by atoms with Crippen LogP contribution in [0.2, 0.25) is 0 Å². The summed E-state index contributed by atoms with van der Waals surface area (Å²) in [6.07, 6.45) is 0. The molecule has 0 aliphatic heterocycles. The predicted molar refractivity (Wildman–Crippen MR) is 62.0 cm³/mol. The van der Waals surface area contributed by atoms with E-state index in [1.165, 1.54) is 18.2 Å². The van der Waals surface area contributed by atoms with Crippen molar-refractivity contribution in [3.8, 4) is 0 Å². The molecule has 1 atom stereocenters. The van der Waals surface area contributed by atoms with Crippen molar-refractivity contribution in [3.05, 3.63) is 71.3 Å². The fourth-order valence-corrected chi connectivity index (χ4v) is 1.78. The first kappa shape index (κ1) is 11.7. The molecule has 0 aliphatic carbocycles. The fraction of sp³-hybridized carbons (Fsp3) is 0.0769. The summed E-state index contributed by atoms with van der Waals surface area (Å²) in [7, 11) is 0. The van der Waals surface area contributed by atoms with Crippen LogP contribution >= 0.6 is 0 Å². The van der Waals surface area contributed by atoms with Crippen molar-refractivity contribution >= 4 is 0 Å². The molecule has 0 fully saturated rings. The summed E-state index contributed by atoms with van der Waals surface area (Å²) in [4.78, 5) is 0. The Labute approximate surface area is 98.0 Å². The minimum absolute atomic E-state index is 0.0683. The fourth-order valence-electron chi connectivity index (χ4n) is 1.78. The maximum absolute atomic E-state index is 13.6. The van der Waals surface area contributed by atoms with Crippen molar-refractivity contribution in [2.75, 3.05) is 0 Å². The molecule has 0 saturated heterocycles. The van der Waals surface area contributed by atoms with Gasteiger partial charge in [-0.15, -0.1) is 0 Å². The van der Waals surface area contributed by atoms with E-state index in [-0.39, 0.29) is 5.56 Å². The standard InChI is InChI=1S/C13H12F2N2/c14-10-7-4-8-11(15)12(10)13(17-16)9-5-2-1-3-6-9/h1-8,13,17H,16H2/t13-/m1/s1. The van der Waals surface area contributed by atoms with Gasteiger partial charge in [0.05, 0.1) is 6.04 Å². The average molecular weight is 234 g/mol. The monoisotopic (exact) mass is 234 g/mol. The van der Waals surface area contributed by atoms with Crippen molar-refractivity contribution in [3.63, 3.8) is 0 Å². The van der Waals surface area contributed by atoms with E-state index in [1.54, 1.807) is 24.3 Å². The molecule has 3 N–H and O–H groups in total. The Morgan fingerprint density at radius 3 is 2.00 bits per heavy atom. The van der Waals surface area contributed by atoms with Gasteiger partial charge in [0.15, 0.2) is 0 Å². The summed E-state index contributed by atoms with van der Waals surface area (Å²) in [6, 6.07) is 12.0. The number of benzene rings is 2. The maximum Gasteiger partial charge on any atom is 0.131 e. The second-order valence-corrected chi connectivity index (χ2v) is 3.65. The molecule has 0 radical (unpaired) electrons. The Balaban J connectivity index is 2.50. The van der Waals surface area contributed by atoms with Crippen molar-refractivity contribution in [2.45, 2.75) is 6.04 Å². The summed E-state index contributed by atoms with van der Waals surface area (Å²) < 4.78 is 27.3. The SMILES string of the molecule is NN[C@H](c1ccccc1)c1c(F)cccc1F. The summed E-state index contributed by atoms with van der Waals surface area (Å²) in [5.74, 6) is 4.16. The van der Waals surface area contributed by atoms with Crippen LogP contribution in [0.15, 0.2) is 48.5 Å². The summed E-state index contributed by atoms with van der Waals surface area (Å²) in [5.41, 5.74) is 3.08. The number of rotatable bonds is 3. The molecule has 2 rings (SSSR count). The quantitative estimate of drug-likeness (QED) is 0.632. The molecular weight excluding hydrogens is 222 g/mol. The first-order chi connectivity index (χ1) is 8.24. The van der Waals surface area contributed by atoms with Gasteiger partial charge in [-0.25, -0.2) is 14.2 Å². The second-order valence-electron chi connectivity index (χ2n) is 3.65. The number of nitrogens with one attached hydrogen (secondary N) is 1. The normalized spacial score (nSPS) is 12.4. The zero-order chi connectivity index (χ0) is 12.3. The zero-order valence-electron chi connectivity index (χ0n) is 9.03. The molecule has 2 aromatic carbocycles. The molecule has 0 bridgehead atoms. The van der Waals surface area contributed by atoms with Crippen LogP contribution in [-0.4, -0.2) is 0 Å². The van der Waals surface area contributed by atoms with E-state index in [0.717, 1.165) is 0 Å². The third kappa shape index (κ3) is 2.33. The van der Waals surface area contributed by atoms with Crippen LogP contribution < -0.4 is 11.3 Å². The molecule has 0 aromatic heterocycles. The molecule has 88 valence electrons. The first-order valence-electron chi connectivity index (χ1n) is 5.19. The Morgan fingerprint density at radius 2 is 1.47 bits per heavy atom. The van der Waals surface area contributed by atoms with Gasteiger partial charge in [-0.05, 0) is 17.7 Å². The number of nitrogens with two attached hydrogens (primary N) is 1. The van der Waals surface area contributed by atoms with Crippen LogP contribution in [0, 0.1) is 11.6 Å². The second kappa shape index (κ2) is 5.03. The van der Waals surface area contributed by atoms with Gasteiger partial charge < -0.3 is 0 Å². The van der Waals surface area contributed by atoms with E-state index in [9.17, 15) is 8.78 Å². The third-order valence-corrected chi connectivity index (χ3v) is 2.59. The average Bonchev–Trinajstić information content (AvgIpc) is 2.35. The number of hydrogen-bond donors (Lipinski definition) is 2. The van der Waals surface area contributed by atoms with Crippen LogP contribution in [0.1, 0.15) is 17.2 Å². The van der Waals surface area contributed by atoms with Crippen molar-refractivity contribution in [1.82, 2.24) is 5.43 Å². The highest BCUT2D eigenvalue weighted by Crippen LogP contribution is 2.25. The molecule has 0 unspecified atom stereocenters. The predicted octanol–water partition coefficient (Wildman–Crippen LogP) is 2.52. The molecule has 0 heterocycles. The summed E-state index contributed by atoms with van der Waals surface area (Å²) >= 11 is 0. The lowest BCUT2D eigenvalue weighted by molar-refractivity contribution is 0.510. The molecule has 4 heteroatoms. The largest absolute Gasteiger partial charge is 0.271 e. The van der Waals surface area contributed by atoms with Gasteiger partial charge in [0.1, 0.15) is 11.6 Å². The summed E-state index contributed by atoms with van der Waals surface area (Å²) in [6.45, 7) is 0. The first-order valence-corrected chi connectivity index (χ1v) is 5.19. The summed E-state index contributed by atoms with van der Waals surface area (Å²) in [5, 5.41) is 0. The molecule has 0 aliphatic rings. The number of hydrazine groups is 1. The van der Waals surface area contributed by atoms with Gasteiger partial charge in [0.25, 0.3) is 0 Å². The van der Waals surface area contributed by atoms with Crippen molar-refractivity contribution < 1.29 is 8.78 Å². The Morgan fingerprint density at radius 1 is 0.882 bits per heavy atom. The van der Waals surface area contributed by atoms with Crippen LogP contribution in [0.3, 0.4) is 0 Å². The number of hydrogen-bond acceptors (Lipinski definition) is 2. The molecule has 2 nitrogen and oxygen atoms in total. The van der Waals surface area contributed by atoms with E-state index in [1.807, 2.05) is 6.07 Å². The Bertz CT molecular complexity index is 480. The lowest BCUT2D eigenvalue weighted by atomic mass is 9.98. The Kier molecular flexibility index (Phi) is 3.46. The van der Waals surface area contributed by atoms with Crippen molar-refractivity contribution in [2.24, 2.45) is 5.84 Å². The number of halogens is 2. The van der Waals surface area contributed by atoms with Gasteiger partial charge in [-0.1, -0.05) is 36.4 Å². The lowest BCUT2D eigenvalue weighted by Gasteiger charge is -2.18. The highest BCUT2D eigenvalue weighted by molar-refractivity contribution is 5.33. The Hall–Kier alpha value is -1.78. The minimum atomic E-state index is -0.697. The van der Waals surface area contributed by atoms with E-state index in [0.29, 0.717) is 5.56 Å². The van der Waals surface area contributed by atoms with Crippen LogP contribution in [-0.2, 0) is 0 Å². The molecule has 2 aromatic rings. The highest BCUT2D eigenvalue weighted by Gasteiger charge is 2.20. The van der Waals surface area contributed by atoms with E-state index < -0.39 is 17.7 Å². The molecule has 0 saturated carbocycles. The molecule has 17 heavy (non-hydrogen) atoms.